The summed E-state index contributed by atoms with van der Waals surface area (Å²) in [6.45, 7) is 3.09. The van der Waals surface area contributed by atoms with E-state index in [9.17, 15) is 9.90 Å². The Balaban J connectivity index is 1.90. The van der Waals surface area contributed by atoms with Gasteiger partial charge in [0.25, 0.3) is 0 Å². The van der Waals surface area contributed by atoms with E-state index in [4.69, 9.17) is 4.74 Å². The molecule has 0 amide bonds. The molecule has 134 valence electrons. The molecule has 0 bridgehead atoms. The molecule has 0 aliphatic carbocycles. The van der Waals surface area contributed by atoms with E-state index in [1.54, 1.807) is 11.8 Å². The van der Waals surface area contributed by atoms with Crippen LogP contribution in [0.4, 0.5) is 0 Å². The molecule has 5 heteroatoms. The second-order valence-electron chi connectivity index (χ2n) is 5.98. The molecule has 0 saturated carbocycles. The molecule has 25 heavy (non-hydrogen) atoms. The predicted octanol–water partition coefficient (Wildman–Crippen LogP) is 3.87. The molecular formula is C20H25NO3S. The first kappa shape index (κ1) is 19.3. The van der Waals surface area contributed by atoms with Crippen molar-refractivity contribution in [3.05, 3.63) is 65.2 Å². The minimum absolute atomic E-state index is 0.507. The van der Waals surface area contributed by atoms with Crippen LogP contribution in [0.3, 0.4) is 0 Å². The Morgan fingerprint density at radius 1 is 1.20 bits per heavy atom. The van der Waals surface area contributed by atoms with Crippen molar-refractivity contribution >= 4 is 17.7 Å². The molecule has 0 fully saturated rings. The summed E-state index contributed by atoms with van der Waals surface area (Å²) in [7, 11) is 0. The number of benzene rings is 2. The molecule has 0 aliphatic heterocycles. The smallest absolute Gasteiger partial charge is 0.320 e. The number of hydrogen-bond acceptors (Lipinski definition) is 4. The molecule has 2 N–H and O–H groups in total. The van der Waals surface area contributed by atoms with Gasteiger partial charge in [-0.05, 0) is 48.6 Å². The van der Waals surface area contributed by atoms with E-state index < -0.39 is 12.0 Å². The number of carbonyl (C=O) groups is 1. The van der Waals surface area contributed by atoms with Crippen LogP contribution in [-0.2, 0) is 17.9 Å². The Bertz CT molecular complexity index is 690. The van der Waals surface area contributed by atoms with Crippen LogP contribution in [0.2, 0.25) is 0 Å². The van der Waals surface area contributed by atoms with E-state index >= 15 is 0 Å². The molecule has 2 rings (SSSR count). The minimum Gasteiger partial charge on any atom is -0.489 e. The number of carboxylic acids is 1. The summed E-state index contributed by atoms with van der Waals surface area (Å²) in [5, 5.41) is 12.4. The molecule has 4 nitrogen and oxygen atoms in total. The Kier molecular flexibility index (Phi) is 7.82. The lowest BCUT2D eigenvalue weighted by Gasteiger charge is -2.14. The van der Waals surface area contributed by atoms with Crippen molar-refractivity contribution in [3.8, 4) is 5.75 Å². The predicted molar refractivity (Wildman–Crippen MR) is 103 cm³/mol. The number of thioether (sulfide) groups is 1. The van der Waals surface area contributed by atoms with Gasteiger partial charge in [0.05, 0.1) is 0 Å². The van der Waals surface area contributed by atoms with Crippen LogP contribution in [0.5, 0.6) is 5.75 Å². The first-order valence-corrected chi connectivity index (χ1v) is 9.70. The fraction of sp³-hybridized carbons (Fsp3) is 0.350. The number of aliphatic carboxylic acids is 1. The summed E-state index contributed by atoms with van der Waals surface area (Å²) in [6.07, 6.45) is 2.59. The second kappa shape index (κ2) is 10.1. The van der Waals surface area contributed by atoms with Gasteiger partial charge in [-0.25, -0.2) is 0 Å². The van der Waals surface area contributed by atoms with E-state index in [1.165, 1.54) is 5.56 Å². The highest BCUT2D eigenvalue weighted by molar-refractivity contribution is 7.98. The standard InChI is InChI=1S/C20H25NO3S/c1-15-5-3-7-17(11-15)14-24-18-8-4-6-16(12-18)13-21-19(20(22)23)9-10-25-2/h3-8,11-12,19,21H,9-10,13-14H2,1-2H3,(H,22,23). The zero-order valence-electron chi connectivity index (χ0n) is 14.7. The van der Waals surface area contributed by atoms with E-state index in [2.05, 4.69) is 24.4 Å². The Labute approximate surface area is 153 Å². The summed E-state index contributed by atoms with van der Waals surface area (Å²) in [4.78, 5) is 11.3. The fourth-order valence-corrected chi connectivity index (χ4v) is 2.97. The van der Waals surface area contributed by atoms with Gasteiger partial charge in [0, 0.05) is 6.54 Å². The number of nitrogens with one attached hydrogen (secondary N) is 1. The molecule has 1 atom stereocenters. The van der Waals surface area contributed by atoms with Gasteiger partial charge in [0.1, 0.15) is 18.4 Å². The summed E-state index contributed by atoms with van der Waals surface area (Å²) in [6, 6.07) is 15.5. The van der Waals surface area contributed by atoms with Crippen LogP contribution < -0.4 is 10.1 Å². The van der Waals surface area contributed by atoms with E-state index in [-0.39, 0.29) is 0 Å². The molecule has 2 aromatic carbocycles. The zero-order valence-corrected chi connectivity index (χ0v) is 15.5. The Hall–Kier alpha value is -1.98. The highest BCUT2D eigenvalue weighted by Crippen LogP contribution is 2.16. The maximum absolute atomic E-state index is 11.3. The third-order valence-electron chi connectivity index (χ3n) is 3.85. The van der Waals surface area contributed by atoms with E-state index in [1.807, 2.05) is 42.7 Å². The van der Waals surface area contributed by atoms with Crippen molar-refractivity contribution in [2.75, 3.05) is 12.0 Å². The van der Waals surface area contributed by atoms with Crippen molar-refractivity contribution in [2.24, 2.45) is 0 Å². The highest BCUT2D eigenvalue weighted by atomic mass is 32.2. The molecule has 0 radical (unpaired) electrons. The van der Waals surface area contributed by atoms with E-state index in [0.29, 0.717) is 19.6 Å². The first-order chi connectivity index (χ1) is 12.1. The fourth-order valence-electron chi connectivity index (χ4n) is 2.50. The number of aryl methyl sites for hydroxylation is 1. The average molecular weight is 359 g/mol. The molecule has 2 aromatic rings. The molecule has 0 saturated heterocycles. The second-order valence-corrected chi connectivity index (χ2v) is 6.96. The number of carboxylic acid groups (broad SMARTS) is 1. The number of rotatable bonds is 10. The van der Waals surface area contributed by atoms with Gasteiger partial charge in [-0.15, -0.1) is 0 Å². The molecular weight excluding hydrogens is 334 g/mol. The maximum atomic E-state index is 11.3. The van der Waals surface area contributed by atoms with Gasteiger partial charge >= 0.3 is 5.97 Å². The average Bonchev–Trinajstić information content (AvgIpc) is 2.60. The van der Waals surface area contributed by atoms with Gasteiger partial charge in [0.2, 0.25) is 0 Å². The van der Waals surface area contributed by atoms with Crippen molar-refractivity contribution in [1.82, 2.24) is 5.32 Å². The van der Waals surface area contributed by atoms with Gasteiger partial charge in [-0.1, -0.05) is 42.0 Å². The molecule has 1 unspecified atom stereocenters. The molecule has 0 aliphatic rings. The van der Waals surface area contributed by atoms with Crippen LogP contribution in [0.15, 0.2) is 48.5 Å². The van der Waals surface area contributed by atoms with Gasteiger partial charge < -0.3 is 15.2 Å². The van der Waals surface area contributed by atoms with Crippen molar-refractivity contribution in [3.63, 3.8) is 0 Å². The van der Waals surface area contributed by atoms with Crippen LogP contribution in [0, 0.1) is 6.92 Å². The third-order valence-corrected chi connectivity index (χ3v) is 4.49. The normalized spacial score (nSPS) is 11.9. The largest absolute Gasteiger partial charge is 0.489 e. The topological polar surface area (TPSA) is 58.6 Å². The first-order valence-electron chi connectivity index (χ1n) is 8.31. The lowest BCUT2D eigenvalue weighted by molar-refractivity contribution is -0.139. The van der Waals surface area contributed by atoms with Crippen LogP contribution in [0.25, 0.3) is 0 Å². The summed E-state index contributed by atoms with van der Waals surface area (Å²) in [5.41, 5.74) is 3.35. The summed E-state index contributed by atoms with van der Waals surface area (Å²) >= 11 is 1.65. The summed E-state index contributed by atoms with van der Waals surface area (Å²) in [5.74, 6) is 0.807. The Morgan fingerprint density at radius 3 is 2.68 bits per heavy atom. The van der Waals surface area contributed by atoms with Crippen molar-refractivity contribution in [2.45, 2.75) is 32.5 Å². The molecule has 0 heterocycles. The van der Waals surface area contributed by atoms with Crippen LogP contribution in [0.1, 0.15) is 23.1 Å². The number of ether oxygens (including phenoxy) is 1. The van der Waals surface area contributed by atoms with Gasteiger partial charge in [-0.2, -0.15) is 11.8 Å². The van der Waals surface area contributed by atoms with E-state index in [0.717, 1.165) is 22.6 Å². The van der Waals surface area contributed by atoms with Gasteiger partial charge in [0.15, 0.2) is 0 Å². The molecule has 0 aromatic heterocycles. The Morgan fingerprint density at radius 2 is 1.96 bits per heavy atom. The van der Waals surface area contributed by atoms with Gasteiger partial charge in [-0.3, -0.25) is 4.79 Å². The SMILES string of the molecule is CSCCC(NCc1cccc(OCc2cccc(C)c2)c1)C(=O)O. The maximum Gasteiger partial charge on any atom is 0.320 e. The van der Waals surface area contributed by atoms with Crippen molar-refractivity contribution in [1.29, 1.82) is 0 Å². The lowest BCUT2D eigenvalue weighted by Crippen LogP contribution is -2.36. The van der Waals surface area contributed by atoms with Crippen LogP contribution >= 0.6 is 11.8 Å². The third kappa shape index (κ3) is 6.80. The zero-order chi connectivity index (χ0) is 18.1. The number of hydrogen-bond donors (Lipinski definition) is 2. The van der Waals surface area contributed by atoms with Crippen LogP contribution in [-0.4, -0.2) is 29.1 Å². The highest BCUT2D eigenvalue weighted by Gasteiger charge is 2.15. The monoisotopic (exact) mass is 359 g/mol. The minimum atomic E-state index is -0.805. The van der Waals surface area contributed by atoms with Crippen molar-refractivity contribution < 1.29 is 14.6 Å². The quantitative estimate of drug-likeness (QED) is 0.674. The lowest BCUT2D eigenvalue weighted by atomic mass is 10.1. The summed E-state index contributed by atoms with van der Waals surface area (Å²) < 4.78 is 5.86. The molecule has 0 spiro atoms.